The molecule has 0 aromatic heterocycles. The molecule has 0 spiro atoms. The zero-order valence-electron chi connectivity index (χ0n) is 15.4. The van der Waals surface area contributed by atoms with Gasteiger partial charge in [0, 0.05) is 11.8 Å². The smallest absolute Gasteiger partial charge is 0.335 e. The average molecular weight is 364 g/mol. The Hall–Kier alpha value is -3.39. The van der Waals surface area contributed by atoms with Crippen molar-refractivity contribution in [1.82, 2.24) is 0 Å². The zero-order valence-corrected chi connectivity index (χ0v) is 15.4. The first-order valence-electron chi connectivity index (χ1n) is 9.62. The molecule has 5 rings (SSSR count). The number of carboxylic acid groups (broad SMARTS) is 1. The number of hydrogen-bond donors (Lipinski definition) is 1. The lowest BCUT2D eigenvalue weighted by Crippen LogP contribution is -2.07. The molecular weight excluding hydrogens is 344 g/mol. The average Bonchev–Trinajstić information content (AvgIpc) is 3.13. The first-order chi connectivity index (χ1) is 13.7. The third-order valence-electron chi connectivity index (χ3n) is 5.96. The lowest BCUT2D eigenvalue weighted by molar-refractivity contribution is 0.0695. The molecule has 136 valence electrons. The van der Waals surface area contributed by atoms with Crippen LogP contribution in [-0.2, 0) is 0 Å². The molecule has 28 heavy (non-hydrogen) atoms. The Labute approximate surface area is 164 Å². The molecule has 0 saturated heterocycles. The molecule has 0 radical (unpaired) electrons. The van der Waals surface area contributed by atoms with Crippen LogP contribution in [0.15, 0.2) is 91.0 Å². The molecule has 0 heterocycles. The van der Waals surface area contributed by atoms with E-state index in [4.69, 9.17) is 0 Å². The van der Waals surface area contributed by atoms with Crippen LogP contribution in [0.5, 0.6) is 0 Å². The summed E-state index contributed by atoms with van der Waals surface area (Å²) in [6.45, 7) is 0. The zero-order chi connectivity index (χ0) is 19.1. The molecule has 1 aliphatic carbocycles. The van der Waals surface area contributed by atoms with E-state index < -0.39 is 5.97 Å². The fourth-order valence-corrected chi connectivity index (χ4v) is 4.67. The maximum Gasteiger partial charge on any atom is 0.335 e. The van der Waals surface area contributed by atoms with Crippen molar-refractivity contribution in [2.24, 2.45) is 0 Å². The number of carbonyl (C=O) groups is 1. The molecule has 1 aliphatic rings. The lowest BCUT2D eigenvalue weighted by atomic mass is 9.87. The monoisotopic (exact) mass is 364 g/mol. The van der Waals surface area contributed by atoms with Gasteiger partial charge in [-0.25, -0.2) is 4.79 Å². The van der Waals surface area contributed by atoms with E-state index in [1.165, 1.54) is 27.5 Å². The van der Waals surface area contributed by atoms with E-state index in [0.29, 0.717) is 5.56 Å². The summed E-state index contributed by atoms with van der Waals surface area (Å²) >= 11 is 0. The molecule has 1 N–H and O–H groups in total. The van der Waals surface area contributed by atoms with Crippen LogP contribution in [0.25, 0.3) is 10.8 Å². The molecule has 4 aromatic rings. The van der Waals surface area contributed by atoms with Gasteiger partial charge in [-0.05, 0) is 45.5 Å². The Morgan fingerprint density at radius 2 is 1.29 bits per heavy atom. The van der Waals surface area contributed by atoms with Crippen molar-refractivity contribution in [2.75, 3.05) is 0 Å². The molecule has 0 aliphatic heterocycles. The van der Waals surface area contributed by atoms with Gasteiger partial charge in [-0.15, -0.1) is 0 Å². The largest absolute Gasteiger partial charge is 0.478 e. The Bertz CT molecular complexity index is 1190. The Morgan fingerprint density at radius 1 is 0.679 bits per heavy atom. The lowest BCUT2D eigenvalue weighted by Gasteiger charge is -2.16. The predicted octanol–water partition coefficient (Wildman–Crippen LogP) is 6.21. The van der Waals surface area contributed by atoms with Gasteiger partial charge in [-0.2, -0.15) is 0 Å². The summed E-state index contributed by atoms with van der Waals surface area (Å²) in [6.07, 6.45) is 0.891. The summed E-state index contributed by atoms with van der Waals surface area (Å²) in [4.78, 5) is 11.8. The van der Waals surface area contributed by atoms with E-state index in [1.54, 1.807) is 12.1 Å². The van der Waals surface area contributed by atoms with Crippen molar-refractivity contribution in [1.29, 1.82) is 0 Å². The van der Waals surface area contributed by atoms with Gasteiger partial charge >= 0.3 is 5.97 Å². The van der Waals surface area contributed by atoms with Crippen molar-refractivity contribution in [3.05, 3.63) is 119 Å². The molecule has 0 fully saturated rings. The summed E-state index contributed by atoms with van der Waals surface area (Å²) in [5.41, 5.74) is 5.16. The third-order valence-corrected chi connectivity index (χ3v) is 5.96. The summed E-state index contributed by atoms with van der Waals surface area (Å²) in [7, 11) is 0. The van der Waals surface area contributed by atoms with Gasteiger partial charge in [0.1, 0.15) is 0 Å². The summed E-state index contributed by atoms with van der Waals surface area (Å²) < 4.78 is 0. The molecule has 0 unspecified atom stereocenters. The van der Waals surface area contributed by atoms with E-state index in [-0.39, 0.29) is 11.8 Å². The molecule has 0 saturated carbocycles. The Morgan fingerprint density at radius 3 is 2.04 bits per heavy atom. The Kier molecular flexibility index (Phi) is 3.98. The maximum atomic E-state index is 11.8. The molecule has 4 aromatic carbocycles. The molecule has 2 nitrogen and oxygen atoms in total. The van der Waals surface area contributed by atoms with Gasteiger partial charge in [0.25, 0.3) is 0 Å². The van der Waals surface area contributed by atoms with Crippen molar-refractivity contribution in [3.8, 4) is 0 Å². The SMILES string of the molecule is O=C(O)c1ccccc1[C@H]1C[C@H](c2ccc3ccccc3c2)c2ccccc21. The Balaban J connectivity index is 1.63. The topological polar surface area (TPSA) is 37.3 Å². The summed E-state index contributed by atoms with van der Waals surface area (Å²) in [5.74, 6) is -0.491. The summed E-state index contributed by atoms with van der Waals surface area (Å²) in [6, 6.07) is 31.0. The first kappa shape index (κ1) is 16.8. The van der Waals surface area contributed by atoms with Crippen LogP contribution in [-0.4, -0.2) is 11.1 Å². The van der Waals surface area contributed by atoms with Gasteiger partial charge in [-0.3, -0.25) is 0 Å². The summed E-state index contributed by atoms with van der Waals surface area (Å²) in [5, 5.41) is 12.2. The highest BCUT2D eigenvalue weighted by molar-refractivity contribution is 5.90. The van der Waals surface area contributed by atoms with Gasteiger partial charge < -0.3 is 5.11 Å². The molecular formula is C26H20O2. The van der Waals surface area contributed by atoms with Crippen molar-refractivity contribution < 1.29 is 9.90 Å². The van der Waals surface area contributed by atoms with E-state index in [9.17, 15) is 9.90 Å². The van der Waals surface area contributed by atoms with Gasteiger partial charge in [-0.1, -0.05) is 84.9 Å². The predicted molar refractivity (Wildman–Crippen MR) is 112 cm³/mol. The fourth-order valence-electron chi connectivity index (χ4n) is 4.67. The minimum Gasteiger partial charge on any atom is -0.478 e. The maximum absolute atomic E-state index is 11.8. The van der Waals surface area contributed by atoms with Crippen molar-refractivity contribution in [2.45, 2.75) is 18.3 Å². The van der Waals surface area contributed by atoms with Crippen LogP contribution in [0.1, 0.15) is 50.9 Å². The second-order valence-corrected chi connectivity index (χ2v) is 7.47. The van der Waals surface area contributed by atoms with Crippen LogP contribution in [0.3, 0.4) is 0 Å². The molecule has 2 heteroatoms. The van der Waals surface area contributed by atoms with Crippen LogP contribution in [0.2, 0.25) is 0 Å². The van der Waals surface area contributed by atoms with E-state index in [0.717, 1.165) is 12.0 Å². The van der Waals surface area contributed by atoms with E-state index in [2.05, 4.69) is 66.7 Å². The minimum atomic E-state index is -0.859. The van der Waals surface area contributed by atoms with E-state index >= 15 is 0 Å². The first-order valence-corrected chi connectivity index (χ1v) is 9.62. The quantitative estimate of drug-likeness (QED) is 0.469. The highest BCUT2D eigenvalue weighted by Crippen LogP contribution is 2.49. The van der Waals surface area contributed by atoms with Crippen LogP contribution in [0.4, 0.5) is 0 Å². The number of carboxylic acids is 1. The van der Waals surface area contributed by atoms with Gasteiger partial charge in [0.2, 0.25) is 0 Å². The standard InChI is InChI=1S/C26H20O2/c27-26(28)23-12-6-5-11-22(23)25-16-24(20-9-3-4-10-21(20)25)19-14-13-17-7-1-2-8-18(17)15-19/h1-15,24-25H,16H2,(H,27,28)/t24-,25+/m1/s1. The molecule has 2 atom stereocenters. The normalized spacial score (nSPS) is 18.1. The number of benzene rings is 4. The minimum absolute atomic E-state index is 0.0972. The van der Waals surface area contributed by atoms with E-state index in [1.807, 2.05) is 12.1 Å². The van der Waals surface area contributed by atoms with Crippen LogP contribution in [0, 0.1) is 0 Å². The second-order valence-electron chi connectivity index (χ2n) is 7.47. The number of fused-ring (bicyclic) bond motifs is 2. The third kappa shape index (κ3) is 2.69. The second kappa shape index (κ2) is 6.65. The van der Waals surface area contributed by atoms with Crippen molar-refractivity contribution in [3.63, 3.8) is 0 Å². The number of aromatic carboxylic acids is 1. The van der Waals surface area contributed by atoms with Gasteiger partial charge in [0.15, 0.2) is 0 Å². The molecule has 0 amide bonds. The highest BCUT2D eigenvalue weighted by atomic mass is 16.4. The number of hydrogen-bond acceptors (Lipinski definition) is 1. The van der Waals surface area contributed by atoms with Crippen molar-refractivity contribution >= 4 is 16.7 Å². The fraction of sp³-hybridized carbons (Fsp3) is 0.115. The van der Waals surface area contributed by atoms with Crippen LogP contribution >= 0.6 is 0 Å². The molecule has 0 bridgehead atoms. The van der Waals surface area contributed by atoms with Gasteiger partial charge in [0.05, 0.1) is 5.56 Å². The van der Waals surface area contributed by atoms with Crippen LogP contribution < -0.4 is 0 Å². The highest BCUT2D eigenvalue weighted by Gasteiger charge is 2.34. The number of rotatable bonds is 3.